The molecule has 2 aliphatic heterocycles. The van der Waals surface area contributed by atoms with E-state index in [1.807, 2.05) is 0 Å². The molecule has 1 aliphatic carbocycles. The summed E-state index contributed by atoms with van der Waals surface area (Å²) in [5, 5.41) is 6.82. The van der Waals surface area contributed by atoms with Crippen molar-refractivity contribution < 1.29 is 4.79 Å². The van der Waals surface area contributed by atoms with Gasteiger partial charge in [-0.05, 0) is 44.1 Å². The number of hydrogen-bond acceptors (Lipinski definition) is 3. The molecule has 0 aromatic heterocycles. The van der Waals surface area contributed by atoms with Crippen molar-refractivity contribution >= 4 is 18.3 Å². The van der Waals surface area contributed by atoms with Crippen LogP contribution in [0.1, 0.15) is 58.3 Å². The number of halogens is 1. The smallest absolute Gasteiger partial charge is 0.223 e. The Kier molecular flexibility index (Phi) is 7.18. The van der Waals surface area contributed by atoms with Crippen LogP contribution in [0.2, 0.25) is 0 Å². The van der Waals surface area contributed by atoms with E-state index in [0.29, 0.717) is 23.3 Å². The molecule has 0 spiro atoms. The van der Waals surface area contributed by atoms with Crippen LogP contribution >= 0.6 is 12.4 Å². The van der Waals surface area contributed by atoms with E-state index in [-0.39, 0.29) is 12.4 Å². The zero-order valence-corrected chi connectivity index (χ0v) is 15.4. The van der Waals surface area contributed by atoms with Crippen molar-refractivity contribution in [2.24, 2.45) is 11.3 Å². The number of carbonyl (C=O) groups excluding carboxylic acids is 1. The zero-order chi connectivity index (χ0) is 15.4. The summed E-state index contributed by atoms with van der Waals surface area (Å²) in [7, 11) is 0. The first-order valence-electron chi connectivity index (χ1n) is 9.38. The maximum absolute atomic E-state index is 12.3. The monoisotopic (exact) mass is 343 g/mol. The van der Waals surface area contributed by atoms with E-state index in [4.69, 9.17) is 0 Å². The van der Waals surface area contributed by atoms with Crippen LogP contribution in [-0.4, -0.2) is 49.6 Å². The standard InChI is InChI=1S/C18H33N3O.ClH/c1-18(9-10-19-13-18)14-21-11-7-16(8-12-21)20-17(22)15-5-3-2-4-6-15;/h15-16,19H,2-14H2,1H3,(H,20,22);1H. The fraction of sp³-hybridized carbons (Fsp3) is 0.944. The van der Waals surface area contributed by atoms with Gasteiger partial charge in [0.15, 0.2) is 0 Å². The highest BCUT2D eigenvalue weighted by Crippen LogP contribution is 2.27. The SMILES string of the molecule is CC1(CN2CCC(NC(=O)C3CCCCC3)CC2)CCNC1.Cl. The minimum absolute atomic E-state index is 0. The van der Waals surface area contributed by atoms with E-state index < -0.39 is 0 Å². The summed E-state index contributed by atoms with van der Waals surface area (Å²) in [6.45, 7) is 8.24. The fourth-order valence-corrected chi connectivity index (χ4v) is 4.46. The number of rotatable bonds is 4. The highest BCUT2D eigenvalue weighted by atomic mass is 35.5. The van der Waals surface area contributed by atoms with Crippen molar-refractivity contribution in [3.8, 4) is 0 Å². The summed E-state index contributed by atoms with van der Waals surface area (Å²) in [6.07, 6.45) is 9.56. The fourth-order valence-electron chi connectivity index (χ4n) is 4.46. The van der Waals surface area contributed by atoms with Gasteiger partial charge in [-0.15, -0.1) is 12.4 Å². The molecule has 1 atom stereocenters. The van der Waals surface area contributed by atoms with Crippen LogP contribution in [-0.2, 0) is 4.79 Å². The Hall–Kier alpha value is -0.320. The predicted molar refractivity (Wildman–Crippen MR) is 97.0 cm³/mol. The molecule has 0 radical (unpaired) electrons. The molecule has 0 aromatic rings. The topological polar surface area (TPSA) is 44.4 Å². The quantitative estimate of drug-likeness (QED) is 0.824. The van der Waals surface area contributed by atoms with Crippen LogP contribution < -0.4 is 10.6 Å². The molecule has 2 heterocycles. The third-order valence-corrected chi connectivity index (χ3v) is 5.97. The van der Waals surface area contributed by atoms with E-state index in [2.05, 4.69) is 22.5 Å². The van der Waals surface area contributed by atoms with Gasteiger partial charge in [0.05, 0.1) is 0 Å². The number of hydrogen-bond donors (Lipinski definition) is 2. The summed E-state index contributed by atoms with van der Waals surface area (Å²) in [6, 6.07) is 0.417. The van der Waals surface area contributed by atoms with Gasteiger partial charge in [0.25, 0.3) is 0 Å². The maximum Gasteiger partial charge on any atom is 0.223 e. The van der Waals surface area contributed by atoms with E-state index in [0.717, 1.165) is 45.3 Å². The number of carbonyl (C=O) groups is 1. The van der Waals surface area contributed by atoms with E-state index in [9.17, 15) is 4.79 Å². The normalized spacial score (nSPS) is 30.8. The molecule has 0 bridgehead atoms. The number of piperidine rings is 1. The Morgan fingerprint density at radius 2 is 1.87 bits per heavy atom. The van der Waals surface area contributed by atoms with Gasteiger partial charge in [0, 0.05) is 38.1 Å². The first-order chi connectivity index (χ1) is 10.6. The molecule has 1 saturated carbocycles. The van der Waals surface area contributed by atoms with Gasteiger partial charge in [-0.3, -0.25) is 4.79 Å². The Morgan fingerprint density at radius 3 is 2.48 bits per heavy atom. The summed E-state index contributed by atoms with van der Waals surface area (Å²) in [5.41, 5.74) is 0.457. The highest BCUT2D eigenvalue weighted by molar-refractivity contribution is 5.85. The zero-order valence-electron chi connectivity index (χ0n) is 14.6. The second-order valence-electron chi connectivity index (χ2n) is 8.13. The molecular weight excluding hydrogens is 310 g/mol. The molecule has 4 nitrogen and oxygen atoms in total. The van der Waals surface area contributed by atoms with Crippen LogP contribution in [0, 0.1) is 11.3 Å². The number of likely N-dealkylation sites (tertiary alicyclic amines) is 1. The molecular formula is C18H34ClN3O. The van der Waals surface area contributed by atoms with Gasteiger partial charge in [-0.2, -0.15) is 0 Å². The Bertz CT molecular complexity index is 370. The van der Waals surface area contributed by atoms with E-state index in [1.54, 1.807) is 0 Å². The molecule has 3 aliphatic rings. The van der Waals surface area contributed by atoms with Crippen molar-refractivity contribution in [1.82, 2.24) is 15.5 Å². The van der Waals surface area contributed by atoms with E-state index in [1.165, 1.54) is 38.8 Å². The molecule has 134 valence electrons. The lowest BCUT2D eigenvalue weighted by Crippen LogP contribution is -2.48. The van der Waals surface area contributed by atoms with Crippen molar-refractivity contribution in [3.05, 3.63) is 0 Å². The van der Waals surface area contributed by atoms with Gasteiger partial charge in [0.2, 0.25) is 5.91 Å². The summed E-state index contributed by atoms with van der Waals surface area (Å²) >= 11 is 0. The number of amides is 1. The van der Waals surface area contributed by atoms with Crippen molar-refractivity contribution in [2.45, 2.75) is 64.3 Å². The van der Waals surface area contributed by atoms with Crippen LogP contribution in [0.5, 0.6) is 0 Å². The Balaban J connectivity index is 0.00000192. The summed E-state index contributed by atoms with van der Waals surface area (Å²) in [5.74, 6) is 0.639. The van der Waals surface area contributed by atoms with Gasteiger partial charge in [-0.1, -0.05) is 26.2 Å². The average molecular weight is 344 g/mol. The molecule has 1 unspecified atom stereocenters. The van der Waals surface area contributed by atoms with Crippen molar-refractivity contribution in [2.75, 3.05) is 32.7 Å². The Morgan fingerprint density at radius 1 is 1.17 bits per heavy atom. The third-order valence-electron chi connectivity index (χ3n) is 5.97. The second kappa shape index (κ2) is 8.68. The molecule has 1 amide bonds. The molecule has 3 fully saturated rings. The van der Waals surface area contributed by atoms with Crippen LogP contribution in [0.4, 0.5) is 0 Å². The number of nitrogens with zero attached hydrogens (tertiary/aromatic N) is 1. The van der Waals surface area contributed by atoms with Crippen molar-refractivity contribution in [3.63, 3.8) is 0 Å². The van der Waals surface area contributed by atoms with Gasteiger partial charge >= 0.3 is 0 Å². The summed E-state index contributed by atoms with van der Waals surface area (Å²) < 4.78 is 0. The highest BCUT2D eigenvalue weighted by Gasteiger charge is 2.32. The molecule has 2 N–H and O–H groups in total. The van der Waals surface area contributed by atoms with Gasteiger partial charge in [-0.25, -0.2) is 0 Å². The van der Waals surface area contributed by atoms with Gasteiger partial charge in [0.1, 0.15) is 0 Å². The molecule has 0 aromatic carbocycles. The lowest BCUT2D eigenvalue weighted by atomic mass is 9.87. The predicted octanol–water partition coefficient (Wildman–Crippen LogP) is 2.57. The third kappa shape index (κ3) is 5.33. The summed E-state index contributed by atoms with van der Waals surface area (Å²) in [4.78, 5) is 15.0. The van der Waals surface area contributed by atoms with Crippen LogP contribution in [0.3, 0.4) is 0 Å². The average Bonchev–Trinajstić information content (AvgIpc) is 2.96. The Labute approximate surface area is 147 Å². The van der Waals surface area contributed by atoms with E-state index >= 15 is 0 Å². The van der Waals surface area contributed by atoms with Gasteiger partial charge < -0.3 is 15.5 Å². The largest absolute Gasteiger partial charge is 0.353 e. The van der Waals surface area contributed by atoms with Crippen LogP contribution in [0.15, 0.2) is 0 Å². The number of nitrogens with one attached hydrogen (secondary N) is 2. The minimum Gasteiger partial charge on any atom is -0.353 e. The molecule has 23 heavy (non-hydrogen) atoms. The first kappa shape index (κ1) is 19.0. The van der Waals surface area contributed by atoms with Crippen molar-refractivity contribution in [1.29, 1.82) is 0 Å². The van der Waals surface area contributed by atoms with Crippen LogP contribution in [0.25, 0.3) is 0 Å². The molecule has 5 heteroatoms. The lowest BCUT2D eigenvalue weighted by Gasteiger charge is -2.37. The maximum atomic E-state index is 12.3. The first-order valence-corrected chi connectivity index (χ1v) is 9.38. The molecule has 3 rings (SSSR count). The lowest BCUT2D eigenvalue weighted by molar-refractivity contribution is -0.127. The minimum atomic E-state index is 0. The molecule has 2 saturated heterocycles. The second-order valence-corrected chi connectivity index (χ2v) is 8.13.